The predicted molar refractivity (Wildman–Crippen MR) is 73.9 cm³/mol. The molecule has 8 heteroatoms. The average molecular weight is 331 g/mol. The quantitative estimate of drug-likeness (QED) is 0.651. The molecule has 0 N–H and O–H groups in total. The fraction of sp³-hybridized carbons (Fsp3) is 0.0769. The summed E-state index contributed by atoms with van der Waals surface area (Å²) in [4.78, 5) is 0. The van der Waals surface area contributed by atoms with Crippen LogP contribution in [0.4, 0.5) is 13.2 Å². The summed E-state index contributed by atoms with van der Waals surface area (Å²) in [6.07, 6.45) is -4.44. The normalized spacial score (nSPS) is 11.8. The fourth-order valence-corrected chi connectivity index (χ4v) is 2.52. The first-order valence-corrected chi connectivity index (χ1v) is 6.85. The first-order chi connectivity index (χ1) is 9.93. The molecule has 3 aromatic rings. The first-order valence-electron chi connectivity index (χ1n) is 5.70. The molecule has 1 heterocycles. The monoisotopic (exact) mass is 330 g/mol. The Bertz CT molecular complexity index is 803. The Morgan fingerprint density at radius 3 is 2.62 bits per heavy atom. The van der Waals surface area contributed by atoms with E-state index in [0.717, 1.165) is 22.3 Å². The molecule has 0 amide bonds. The number of ether oxygens (including phenoxy) is 1. The minimum atomic E-state index is -4.44. The molecular weight excluding hydrogens is 325 g/mol. The van der Waals surface area contributed by atoms with Gasteiger partial charge in [0.15, 0.2) is 0 Å². The molecule has 0 saturated heterocycles. The largest absolute Gasteiger partial charge is 0.456 e. The van der Waals surface area contributed by atoms with Gasteiger partial charge in [0.1, 0.15) is 17.0 Å². The van der Waals surface area contributed by atoms with Gasteiger partial charge in [0.2, 0.25) is 0 Å². The van der Waals surface area contributed by atoms with Crippen LogP contribution in [-0.2, 0) is 6.18 Å². The molecule has 0 aliphatic heterocycles. The van der Waals surface area contributed by atoms with Crippen LogP contribution in [-0.4, -0.2) is 9.59 Å². The van der Waals surface area contributed by atoms with Gasteiger partial charge in [-0.3, -0.25) is 0 Å². The number of aromatic nitrogens is 2. The topological polar surface area (TPSA) is 35.0 Å². The zero-order valence-electron chi connectivity index (χ0n) is 10.2. The van der Waals surface area contributed by atoms with Crippen molar-refractivity contribution < 1.29 is 17.9 Å². The summed E-state index contributed by atoms with van der Waals surface area (Å²) in [7, 11) is 0. The van der Waals surface area contributed by atoms with Crippen molar-refractivity contribution in [2.45, 2.75) is 6.18 Å². The minimum absolute atomic E-state index is 0.104. The molecule has 0 aliphatic carbocycles. The van der Waals surface area contributed by atoms with Crippen LogP contribution < -0.4 is 4.74 Å². The fourth-order valence-electron chi connectivity index (χ4n) is 1.71. The molecule has 3 nitrogen and oxygen atoms in total. The lowest BCUT2D eigenvalue weighted by atomic mass is 10.2. The smallest absolute Gasteiger partial charge is 0.416 e. The SMILES string of the molecule is FC(F)(F)c1ccc(Oc2ccc3nnsc3c2)c(Cl)c1. The van der Waals surface area contributed by atoms with Crippen molar-refractivity contribution >= 4 is 33.4 Å². The second-order valence-corrected chi connectivity index (χ2v) is 5.34. The summed E-state index contributed by atoms with van der Waals surface area (Å²) in [6, 6.07) is 8.02. The third kappa shape index (κ3) is 2.93. The molecule has 21 heavy (non-hydrogen) atoms. The van der Waals surface area contributed by atoms with Crippen molar-refractivity contribution in [1.29, 1.82) is 0 Å². The van der Waals surface area contributed by atoms with E-state index in [4.69, 9.17) is 16.3 Å². The van der Waals surface area contributed by atoms with Crippen LogP contribution in [0.2, 0.25) is 5.02 Å². The Hall–Kier alpha value is -1.86. The van der Waals surface area contributed by atoms with Crippen LogP contribution in [0.25, 0.3) is 10.2 Å². The summed E-state index contributed by atoms with van der Waals surface area (Å²) >= 11 is 7.03. The van der Waals surface area contributed by atoms with E-state index in [1.165, 1.54) is 17.6 Å². The highest BCUT2D eigenvalue weighted by Gasteiger charge is 2.31. The maximum atomic E-state index is 12.6. The summed E-state index contributed by atoms with van der Waals surface area (Å²) in [5.74, 6) is 0.608. The van der Waals surface area contributed by atoms with Gasteiger partial charge in [-0.2, -0.15) is 13.2 Å². The van der Waals surface area contributed by atoms with Gasteiger partial charge in [-0.1, -0.05) is 16.1 Å². The number of fused-ring (bicyclic) bond motifs is 1. The lowest BCUT2D eigenvalue weighted by Crippen LogP contribution is -2.04. The van der Waals surface area contributed by atoms with E-state index in [9.17, 15) is 13.2 Å². The Morgan fingerprint density at radius 1 is 1.10 bits per heavy atom. The van der Waals surface area contributed by atoms with Crippen LogP contribution >= 0.6 is 23.1 Å². The van der Waals surface area contributed by atoms with Gasteiger partial charge in [0.25, 0.3) is 0 Å². The molecule has 0 fully saturated rings. The van der Waals surface area contributed by atoms with E-state index < -0.39 is 11.7 Å². The predicted octanol–water partition coefficient (Wildman–Crippen LogP) is 5.16. The maximum Gasteiger partial charge on any atom is 0.416 e. The number of benzene rings is 2. The maximum absolute atomic E-state index is 12.6. The van der Waals surface area contributed by atoms with Crippen molar-refractivity contribution in [2.24, 2.45) is 0 Å². The zero-order valence-corrected chi connectivity index (χ0v) is 11.8. The lowest BCUT2D eigenvalue weighted by molar-refractivity contribution is -0.137. The number of hydrogen-bond acceptors (Lipinski definition) is 4. The zero-order chi connectivity index (χ0) is 15.0. The first kappa shape index (κ1) is 14.1. The van der Waals surface area contributed by atoms with E-state index in [1.54, 1.807) is 18.2 Å². The Morgan fingerprint density at radius 2 is 1.90 bits per heavy atom. The highest BCUT2D eigenvalue weighted by molar-refractivity contribution is 7.12. The summed E-state index contributed by atoms with van der Waals surface area (Å²) in [6.45, 7) is 0. The minimum Gasteiger partial charge on any atom is -0.456 e. The highest BCUT2D eigenvalue weighted by Crippen LogP contribution is 2.36. The van der Waals surface area contributed by atoms with E-state index in [2.05, 4.69) is 9.59 Å². The molecule has 0 saturated carbocycles. The van der Waals surface area contributed by atoms with E-state index in [1.807, 2.05) is 0 Å². The molecule has 0 aliphatic rings. The van der Waals surface area contributed by atoms with E-state index in [-0.39, 0.29) is 10.8 Å². The molecule has 0 atom stereocenters. The number of hydrogen-bond donors (Lipinski definition) is 0. The van der Waals surface area contributed by atoms with Crippen LogP contribution in [0.3, 0.4) is 0 Å². The van der Waals surface area contributed by atoms with Gasteiger partial charge < -0.3 is 4.74 Å². The second-order valence-electron chi connectivity index (χ2n) is 4.15. The Balaban J connectivity index is 1.90. The molecule has 2 aromatic carbocycles. The molecule has 0 bridgehead atoms. The number of alkyl halides is 3. The van der Waals surface area contributed by atoms with Crippen LogP contribution in [0, 0.1) is 0 Å². The van der Waals surface area contributed by atoms with Gasteiger partial charge in [0.05, 0.1) is 15.3 Å². The van der Waals surface area contributed by atoms with E-state index >= 15 is 0 Å². The third-order valence-corrected chi connectivity index (χ3v) is 3.69. The highest BCUT2D eigenvalue weighted by atomic mass is 35.5. The summed E-state index contributed by atoms with van der Waals surface area (Å²) in [5, 5.41) is 3.78. The summed E-state index contributed by atoms with van der Waals surface area (Å²) in [5.41, 5.74) is -0.0900. The van der Waals surface area contributed by atoms with Gasteiger partial charge in [-0.05, 0) is 41.9 Å². The number of nitrogens with zero attached hydrogens (tertiary/aromatic N) is 2. The van der Waals surface area contributed by atoms with Crippen molar-refractivity contribution in [2.75, 3.05) is 0 Å². The van der Waals surface area contributed by atoms with Gasteiger partial charge in [0, 0.05) is 6.07 Å². The molecule has 0 radical (unpaired) electrons. The van der Waals surface area contributed by atoms with Crippen molar-refractivity contribution in [1.82, 2.24) is 9.59 Å². The summed E-state index contributed by atoms with van der Waals surface area (Å²) < 4.78 is 47.8. The lowest BCUT2D eigenvalue weighted by Gasteiger charge is -2.11. The third-order valence-electron chi connectivity index (χ3n) is 2.71. The van der Waals surface area contributed by atoms with Crippen molar-refractivity contribution in [3.05, 3.63) is 47.0 Å². The molecule has 1 aromatic heterocycles. The van der Waals surface area contributed by atoms with E-state index in [0.29, 0.717) is 5.75 Å². The van der Waals surface area contributed by atoms with Gasteiger partial charge in [-0.15, -0.1) is 5.10 Å². The average Bonchev–Trinajstić information content (AvgIpc) is 2.87. The molecule has 108 valence electrons. The number of rotatable bonds is 2. The van der Waals surface area contributed by atoms with Crippen molar-refractivity contribution in [3.63, 3.8) is 0 Å². The molecule has 0 unspecified atom stereocenters. The van der Waals surface area contributed by atoms with Gasteiger partial charge in [-0.25, -0.2) is 0 Å². The van der Waals surface area contributed by atoms with Crippen LogP contribution in [0.15, 0.2) is 36.4 Å². The second kappa shape index (κ2) is 5.16. The Kier molecular flexibility index (Phi) is 3.46. The molecule has 3 rings (SSSR count). The standard InChI is InChI=1S/C13H6ClF3N2OS/c14-9-5-7(13(15,16)17)1-4-11(9)20-8-2-3-10-12(6-8)21-19-18-10/h1-6H. The van der Waals surface area contributed by atoms with Crippen LogP contribution in [0.1, 0.15) is 5.56 Å². The Labute approximate surface area is 126 Å². The van der Waals surface area contributed by atoms with Crippen molar-refractivity contribution in [3.8, 4) is 11.5 Å². The molecule has 0 spiro atoms. The van der Waals surface area contributed by atoms with Crippen LogP contribution in [0.5, 0.6) is 11.5 Å². The number of halogens is 4. The van der Waals surface area contributed by atoms with Gasteiger partial charge >= 0.3 is 6.18 Å². The molecular formula is C13H6ClF3N2OS.